The van der Waals surface area contributed by atoms with Crippen LogP contribution >= 0.6 is 0 Å². The maximum atomic E-state index is 10.5. The Kier molecular flexibility index (Phi) is 2.25. The number of carbonyl (C=O) groups excluding carboxylic acids is 1. The highest BCUT2D eigenvalue weighted by Gasteiger charge is 2.23. The van der Waals surface area contributed by atoms with Crippen molar-refractivity contribution in [1.82, 2.24) is 0 Å². The van der Waals surface area contributed by atoms with E-state index in [4.69, 9.17) is 0 Å². The van der Waals surface area contributed by atoms with Gasteiger partial charge in [0.1, 0.15) is 6.29 Å². The Hall–Kier alpha value is -0.590. The molecule has 0 N–H and O–H groups in total. The molecule has 0 unspecified atom stereocenters. The molecule has 0 radical (unpaired) electrons. The highest BCUT2D eigenvalue weighted by atomic mass is 16.1. The van der Waals surface area contributed by atoms with Gasteiger partial charge in [-0.1, -0.05) is 26.0 Å². The van der Waals surface area contributed by atoms with Crippen molar-refractivity contribution in [3.05, 3.63) is 12.2 Å². The van der Waals surface area contributed by atoms with E-state index in [1.165, 1.54) is 0 Å². The molecule has 1 nitrogen and oxygen atoms in total. The van der Waals surface area contributed by atoms with E-state index in [9.17, 15) is 4.79 Å². The highest BCUT2D eigenvalue weighted by molar-refractivity contribution is 5.55. The quantitative estimate of drug-likeness (QED) is 0.400. The van der Waals surface area contributed by atoms with Crippen LogP contribution in [0.5, 0.6) is 0 Å². The van der Waals surface area contributed by atoms with E-state index in [1.807, 2.05) is 0 Å². The van der Waals surface area contributed by atoms with Crippen molar-refractivity contribution in [2.24, 2.45) is 17.8 Å². The molecule has 10 heavy (non-hydrogen) atoms. The molecule has 0 aromatic heterocycles. The SMILES string of the molecule is C[C@@H]1CC=C[C@H](C)[C@@H]1C=O. The third kappa shape index (κ3) is 1.28. The van der Waals surface area contributed by atoms with Crippen LogP contribution in [0.3, 0.4) is 0 Å². The lowest BCUT2D eigenvalue weighted by molar-refractivity contribution is -0.113. The van der Waals surface area contributed by atoms with Crippen LogP contribution in [0.15, 0.2) is 12.2 Å². The molecule has 0 saturated heterocycles. The molecule has 0 aromatic rings. The second-order valence-electron chi connectivity index (χ2n) is 3.21. The van der Waals surface area contributed by atoms with Crippen molar-refractivity contribution in [3.8, 4) is 0 Å². The van der Waals surface area contributed by atoms with Crippen LogP contribution in [0, 0.1) is 17.8 Å². The Bertz CT molecular complexity index is 149. The van der Waals surface area contributed by atoms with Gasteiger partial charge in [0.05, 0.1) is 0 Å². The molecule has 1 aliphatic carbocycles. The van der Waals surface area contributed by atoms with E-state index in [0.717, 1.165) is 12.7 Å². The van der Waals surface area contributed by atoms with Crippen LogP contribution in [-0.2, 0) is 4.79 Å². The molecule has 1 aliphatic rings. The Morgan fingerprint density at radius 3 is 2.60 bits per heavy atom. The van der Waals surface area contributed by atoms with Gasteiger partial charge in [-0.25, -0.2) is 0 Å². The average Bonchev–Trinajstić information content (AvgIpc) is 1.88. The van der Waals surface area contributed by atoms with Crippen LogP contribution in [0.2, 0.25) is 0 Å². The molecular formula is C9H14O. The molecule has 0 aliphatic heterocycles. The maximum Gasteiger partial charge on any atom is 0.123 e. The molecule has 0 fully saturated rings. The van der Waals surface area contributed by atoms with Crippen LogP contribution in [-0.4, -0.2) is 6.29 Å². The third-order valence-electron chi connectivity index (χ3n) is 2.37. The van der Waals surface area contributed by atoms with E-state index in [0.29, 0.717) is 11.8 Å². The van der Waals surface area contributed by atoms with E-state index < -0.39 is 0 Å². The zero-order valence-corrected chi connectivity index (χ0v) is 6.58. The summed E-state index contributed by atoms with van der Waals surface area (Å²) < 4.78 is 0. The van der Waals surface area contributed by atoms with Gasteiger partial charge in [0, 0.05) is 5.92 Å². The van der Waals surface area contributed by atoms with Crippen molar-refractivity contribution >= 4 is 6.29 Å². The van der Waals surface area contributed by atoms with Crippen LogP contribution in [0.4, 0.5) is 0 Å². The lowest BCUT2D eigenvalue weighted by atomic mass is 9.79. The molecule has 0 heterocycles. The van der Waals surface area contributed by atoms with Gasteiger partial charge in [0.25, 0.3) is 0 Å². The fourth-order valence-electron chi connectivity index (χ4n) is 1.57. The first-order valence-electron chi connectivity index (χ1n) is 3.87. The van der Waals surface area contributed by atoms with Gasteiger partial charge in [-0.15, -0.1) is 0 Å². The summed E-state index contributed by atoms with van der Waals surface area (Å²) in [5.74, 6) is 1.24. The highest BCUT2D eigenvalue weighted by Crippen LogP contribution is 2.27. The van der Waals surface area contributed by atoms with Crippen molar-refractivity contribution < 1.29 is 4.79 Å². The topological polar surface area (TPSA) is 17.1 Å². The lowest BCUT2D eigenvalue weighted by Crippen LogP contribution is -2.22. The first-order valence-corrected chi connectivity index (χ1v) is 3.87. The maximum absolute atomic E-state index is 10.5. The Morgan fingerprint density at radius 1 is 1.50 bits per heavy atom. The Labute approximate surface area is 62.1 Å². The molecular weight excluding hydrogens is 124 g/mol. The van der Waals surface area contributed by atoms with Crippen LogP contribution in [0.25, 0.3) is 0 Å². The zero-order valence-electron chi connectivity index (χ0n) is 6.58. The minimum atomic E-state index is 0.255. The second-order valence-corrected chi connectivity index (χ2v) is 3.21. The number of carbonyl (C=O) groups is 1. The monoisotopic (exact) mass is 138 g/mol. The molecule has 0 saturated carbocycles. The summed E-state index contributed by atoms with van der Waals surface area (Å²) >= 11 is 0. The fourth-order valence-corrected chi connectivity index (χ4v) is 1.57. The average molecular weight is 138 g/mol. The van der Waals surface area contributed by atoms with Gasteiger partial charge in [0.15, 0.2) is 0 Å². The van der Waals surface area contributed by atoms with Crippen molar-refractivity contribution in [2.45, 2.75) is 20.3 Å². The van der Waals surface area contributed by atoms with E-state index in [1.54, 1.807) is 0 Å². The summed E-state index contributed by atoms with van der Waals surface area (Å²) in [6.45, 7) is 4.24. The fraction of sp³-hybridized carbons (Fsp3) is 0.667. The van der Waals surface area contributed by atoms with Crippen molar-refractivity contribution in [3.63, 3.8) is 0 Å². The smallest absolute Gasteiger partial charge is 0.123 e. The van der Waals surface area contributed by atoms with Crippen molar-refractivity contribution in [2.75, 3.05) is 0 Å². The molecule has 1 heteroatoms. The van der Waals surface area contributed by atoms with Gasteiger partial charge < -0.3 is 4.79 Å². The third-order valence-corrected chi connectivity index (χ3v) is 2.37. The summed E-state index contributed by atoms with van der Waals surface area (Å²) in [7, 11) is 0. The number of hydrogen-bond acceptors (Lipinski definition) is 1. The minimum absolute atomic E-state index is 0.255. The largest absolute Gasteiger partial charge is 0.303 e. The van der Waals surface area contributed by atoms with E-state index >= 15 is 0 Å². The van der Waals surface area contributed by atoms with Gasteiger partial charge in [0.2, 0.25) is 0 Å². The molecule has 0 aromatic carbocycles. The molecule has 1 rings (SSSR count). The second kappa shape index (κ2) is 3.00. The van der Waals surface area contributed by atoms with Gasteiger partial charge >= 0.3 is 0 Å². The van der Waals surface area contributed by atoms with Crippen LogP contribution in [0.1, 0.15) is 20.3 Å². The standard InChI is InChI=1S/C9H14O/c1-7-4-3-5-8(2)9(7)6-10/h3-4,6-9H,5H2,1-2H3/t7-,8+,9-/m0/s1. The van der Waals surface area contributed by atoms with E-state index in [2.05, 4.69) is 26.0 Å². The van der Waals surface area contributed by atoms with Crippen molar-refractivity contribution in [1.29, 1.82) is 0 Å². The van der Waals surface area contributed by atoms with Crippen LogP contribution < -0.4 is 0 Å². The number of aldehydes is 1. The molecule has 0 spiro atoms. The molecule has 3 atom stereocenters. The number of rotatable bonds is 1. The molecule has 0 bridgehead atoms. The van der Waals surface area contributed by atoms with Gasteiger partial charge in [-0.3, -0.25) is 0 Å². The summed E-state index contributed by atoms with van der Waals surface area (Å²) in [5, 5.41) is 0. The first kappa shape index (κ1) is 7.52. The van der Waals surface area contributed by atoms with E-state index in [-0.39, 0.29) is 5.92 Å². The molecule has 56 valence electrons. The minimum Gasteiger partial charge on any atom is -0.303 e. The Balaban J connectivity index is 2.67. The van der Waals surface area contributed by atoms with Gasteiger partial charge in [-0.05, 0) is 18.3 Å². The summed E-state index contributed by atoms with van der Waals surface area (Å²) in [4.78, 5) is 10.5. The van der Waals surface area contributed by atoms with Gasteiger partial charge in [-0.2, -0.15) is 0 Å². The summed E-state index contributed by atoms with van der Waals surface area (Å²) in [5.41, 5.74) is 0. The Morgan fingerprint density at radius 2 is 2.20 bits per heavy atom. The lowest BCUT2D eigenvalue weighted by Gasteiger charge is -2.25. The number of hydrogen-bond donors (Lipinski definition) is 0. The predicted octanol–water partition coefficient (Wildman–Crippen LogP) is 2.03. The first-order chi connectivity index (χ1) is 4.75. The molecule has 0 amide bonds. The summed E-state index contributed by atoms with van der Waals surface area (Å²) in [6, 6.07) is 0. The number of allylic oxidation sites excluding steroid dienone is 2. The zero-order chi connectivity index (χ0) is 7.56. The predicted molar refractivity (Wildman–Crippen MR) is 41.6 cm³/mol. The summed E-state index contributed by atoms with van der Waals surface area (Å²) in [6.07, 6.45) is 6.47. The normalized spacial score (nSPS) is 39.6.